The highest BCUT2D eigenvalue weighted by Gasteiger charge is 2.24. The van der Waals surface area contributed by atoms with E-state index < -0.39 is 0 Å². The van der Waals surface area contributed by atoms with E-state index in [-0.39, 0.29) is 18.2 Å². The van der Waals surface area contributed by atoms with Crippen LogP contribution in [0.15, 0.2) is 18.3 Å². The summed E-state index contributed by atoms with van der Waals surface area (Å²) in [7, 11) is 1.38. The second kappa shape index (κ2) is 8.73. The number of aromatic nitrogens is 1. The minimum absolute atomic E-state index is 0.0773. The van der Waals surface area contributed by atoms with Crippen LogP contribution in [0.25, 0.3) is 0 Å². The Bertz CT molecular complexity index is 625. The molecule has 0 aliphatic carbocycles. The van der Waals surface area contributed by atoms with Crippen molar-refractivity contribution in [1.29, 1.82) is 0 Å². The van der Waals surface area contributed by atoms with Gasteiger partial charge in [-0.15, -0.1) is 0 Å². The highest BCUT2D eigenvalue weighted by molar-refractivity contribution is 5.74. The van der Waals surface area contributed by atoms with Crippen molar-refractivity contribution in [3.8, 4) is 0 Å². The summed E-state index contributed by atoms with van der Waals surface area (Å²) >= 11 is 0. The van der Waals surface area contributed by atoms with E-state index in [1.165, 1.54) is 20.0 Å². The third-order valence-corrected chi connectivity index (χ3v) is 4.96. The zero-order chi connectivity index (χ0) is 18.4. The average Bonchev–Trinajstić information content (AvgIpc) is 3.21. The molecule has 26 heavy (non-hydrogen) atoms. The van der Waals surface area contributed by atoms with Crippen LogP contribution in [0.3, 0.4) is 0 Å². The molecule has 3 rings (SSSR count). The number of anilines is 1. The molecule has 2 N–H and O–H groups in total. The fraction of sp³-hybridized carbons (Fsp3) is 0.611. The molecule has 3 heterocycles. The first-order valence-electron chi connectivity index (χ1n) is 9.23. The smallest absolute Gasteiger partial charge is 0.409 e. The van der Waals surface area contributed by atoms with Crippen LogP contribution in [-0.2, 0) is 11.3 Å². The average molecular weight is 361 g/mol. The molecular formula is C18H27N5O3. The van der Waals surface area contributed by atoms with Gasteiger partial charge in [0.05, 0.1) is 7.11 Å². The molecule has 1 aromatic heterocycles. The largest absolute Gasteiger partial charge is 0.453 e. The highest BCUT2D eigenvalue weighted by Crippen LogP contribution is 2.18. The van der Waals surface area contributed by atoms with Crippen LogP contribution < -0.4 is 15.5 Å². The molecule has 2 aliphatic heterocycles. The molecule has 2 aliphatic rings. The van der Waals surface area contributed by atoms with Crippen LogP contribution in [0.2, 0.25) is 0 Å². The van der Waals surface area contributed by atoms with Crippen molar-refractivity contribution >= 4 is 17.9 Å². The number of nitrogens with zero attached hydrogens (tertiary/aromatic N) is 3. The maximum atomic E-state index is 12.1. The number of hydrogen-bond acceptors (Lipinski definition) is 5. The van der Waals surface area contributed by atoms with Gasteiger partial charge in [-0.2, -0.15) is 0 Å². The molecule has 8 nitrogen and oxygen atoms in total. The Hall–Kier alpha value is -2.51. The number of urea groups is 1. The van der Waals surface area contributed by atoms with Crippen molar-refractivity contribution < 1.29 is 14.3 Å². The molecule has 142 valence electrons. The summed E-state index contributed by atoms with van der Waals surface area (Å²) in [6.45, 7) is 3.77. The Morgan fingerprint density at radius 1 is 1.23 bits per heavy atom. The number of pyridine rings is 1. The van der Waals surface area contributed by atoms with Crippen LogP contribution >= 0.6 is 0 Å². The van der Waals surface area contributed by atoms with Crippen molar-refractivity contribution in [3.05, 3.63) is 23.9 Å². The Morgan fingerprint density at radius 3 is 2.65 bits per heavy atom. The van der Waals surface area contributed by atoms with Gasteiger partial charge in [0.1, 0.15) is 5.82 Å². The van der Waals surface area contributed by atoms with E-state index in [4.69, 9.17) is 4.74 Å². The number of ether oxygens (including phenoxy) is 1. The lowest BCUT2D eigenvalue weighted by atomic mass is 10.1. The normalized spacial score (nSPS) is 17.9. The van der Waals surface area contributed by atoms with E-state index in [2.05, 4.69) is 20.5 Å². The van der Waals surface area contributed by atoms with Gasteiger partial charge < -0.3 is 25.2 Å². The zero-order valence-corrected chi connectivity index (χ0v) is 15.2. The molecule has 2 saturated heterocycles. The molecule has 0 radical (unpaired) electrons. The Labute approximate surface area is 153 Å². The fourth-order valence-electron chi connectivity index (χ4n) is 3.44. The van der Waals surface area contributed by atoms with Crippen molar-refractivity contribution in [1.82, 2.24) is 20.5 Å². The van der Waals surface area contributed by atoms with Crippen molar-refractivity contribution in [3.63, 3.8) is 0 Å². The lowest BCUT2D eigenvalue weighted by molar-refractivity contribution is 0.110. The molecule has 2 fully saturated rings. The number of carbonyl (C=O) groups is 2. The number of hydrogen-bond donors (Lipinski definition) is 2. The summed E-state index contributed by atoms with van der Waals surface area (Å²) in [5.74, 6) is 0.984. The zero-order valence-electron chi connectivity index (χ0n) is 15.2. The monoisotopic (exact) mass is 361 g/mol. The van der Waals surface area contributed by atoms with E-state index in [9.17, 15) is 9.59 Å². The first-order valence-corrected chi connectivity index (χ1v) is 9.23. The molecule has 0 spiro atoms. The van der Waals surface area contributed by atoms with E-state index in [1.807, 2.05) is 12.1 Å². The van der Waals surface area contributed by atoms with E-state index in [0.29, 0.717) is 19.6 Å². The van der Waals surface area contributed by atoms with Gasteiger partial charge in [0.2, 0.25) is 0 Å². The van der Waals surface area contributed by atoms with Gasteiger partial charge in [0.15, 0.2) is 0 Å². The van der Waals surface area contributed by atoms with Crippen molar-refractivity contribution in [2.24, 2.45) is 0 Å². The third-order valence-electron chi connectivity index (χ3n) is 4.96. The van der Waals surface area contributed by atoms with Crippen LogP contribution in [0.4, 0.5) is 15.4 Å². The van der Waals surface area contributed by atoms with Gasteiger partial charge >= 0.3 is 12.1 Å². The molecule has 1 aromatic rings. The maximum absolute atomic E-state index is 12.1. The molecule has 0 saturated carbocycles. The number of likely N-dealkylation sites (tertiary alicyclic amines) is 1. The number of carbonyl (C=O) groups excluding carboxylic acids is 2. The van der Waals surface area contributed by atoms with Gasteiger partial charge in [-0.1, -0.05) is 0 Å². The number of piperidine rings is 1. The third kappa shape index (κ3) is 4.77. The summed E-state index contributed by atoms with van der Waals surface area (Å²) in [4.78, 5) is 32.0. The second-order valence-corrected chi connectivity index (χ2v) is 6.77. The molecule has 0 atom stereocenters. The van der Waals surface area contributed by atoms with E-state index in [0.717, 1.165) is 37.3 Å². The van der Waals surface area contributed by atoms with Crippen LogP contribution in [0.5, 0.6) is 0 Å². The molecule has 0 aromatic carbocycles. The molecule has 0 bridgehead atoms. The van der Waals surface area contributed by atoms with Gasteiger partial charge in [0.25, 0.3) is 0 Å². The van der Waals surface area contributed by atoms with Crippen LogP contribution in [0, 0.1) is 0 Å². The quantitative estimate of drug-likeness (QED) is 0.853. The predicted molar refractivity (Wildman–Crippen MR) is 98.1 cm³/mol. The first-order chi connectivity index (χ1) is 12.7. The standard InChI is InChI=1S/C18H27N5O3/c1-26-18(25)23-10-5-15(6-11-23)21-17(24)20-13-14-4-7-19-16(12-14)22-8-2-3-9-22/h4,7,12,15H,2-3,5-6,8-11,13H2,1H3,(H2,20,21,24). The Morgan fingerprint density at radius 2 is 1.96 bits per heavy atom. The topological polar surface area (TPSA) is 86.8 Å². The first kappa shape index (κ1) is 18.3. The van der Waals surface area contributed by atoms with Gasteiger partial charge in [-0.05, 0) is 43.4 Å². The second-order valence-electron chi connectivity index (χ2n) is 6.77. The van der Waals surface area contributed by atoms with Crippen LogP contribution in [0.1, 0.15) is 31.2 Å². The maximum Gasteiger partial charge on any atom is 0.409 e. The van der Waals surface area contributed by atoms with Crippen molar-refractivity contribution in [2.45, 2.75) is 38.3 Å². The molecule has 0 unspecified atom stereocenters. The minimum Gasteiger partial charge on any atom is -0.453 e. The number of nitrogens with one attached hydrogen (secondary N) is 2. The number of amides is 3. The fourth-order valence-corrected chi connectivity index (χ4v) is 3.44. The summed E-state index contributed by atoms with van der Waals surface area (Å²) in [5, 5.41) is 5.89. The number of rotatable bonds is 4. The Balaban J connectivity index is 1.42. The molecule has 8 heteroatoms. The SMILES string of the molecule is COC(=O)N1CCC(NC(=O)NCc2ccnc(N3CCCC3)c2)CC1. The van der Waals surface area contributed by atoms with Crippen molar-refractivity contribution in [2.75, 3.05) is 38.2 Å². The number of methoxy groups -OCH3 is 1. The Kier molecular flexibility index (Phi) is 6.14. The minimum atomic E-state index is -0.306. The van der Waals surface area contributed by atoms with E-state index >= 15 is 0 Å². The molecular weight excluding hydrogens is 334 g/mol. The summed E-state index contributed by atoms with van der Waals surface area (Å²) in [5.41, 5.74) is 1.04. The van der Waals surface area contributed by atoms with Gasteiger partial charge in [0, 0.05) is 45.0 Å². The van der Waals surface area contributed by atoms with Gasteiger partial charge in [-0.3, -0.25) is 0 Å². The predicted octanol–water partition coefficient (Wildman–Crippen LogP) is 1.71. The van der Waals surface area contributed by atoms with Crippen LogP contribution in [-0.4, -0.2) is 61.3 Å². The molecule has 3 amide bonds. The highest BCUT2D eigenvalue weighted by atomic mass is 16.5. The van der Waals surface area contributed by atoms with Gasteiger partial charge in [-0.25, -0.2) is 14.6 Å². The van der Waals surface area contributed by atoms with E-state index in [1.54, 1.807) is 11.1 Å². The lowest BCUT2D eigenvalue weighted by Gasteiger charge is -2.31. The summed E-state index contributed by atoms with van der Waals surface area (Å²) in [6, 6.07) is 3.87. The summed E-state index contributed by atoms with van der Waals surface area (Å²) in [6.07, 6.45) is 5.38. The lowest BCUT2D eigenvalue weighted by Crippen LogP contribution is -2.49. The summed E-state index contributed by atoms with van der Waals surface area (Å²) < 4.78 is 4.72.